The number of carbonyl (C=O) groups is 2. The summed E-state index contributed by atoms with van der Waals surface area (Å²) in [5.41, 5.74) is 1.39. The fourth-order valence-corrected chi connectivity index (χ4v) is 4.02. The van der Waals surface area contributed by atoms with E-state index in [1.165, 1.54) is 0 Å². The van der Waals surface area contributed by atoms with E-state index in [0.29, 0.717) is 29.4 Å². The maximum absolute atomic E-state index is 13.5. The average Bonchev–Trinajstić information content (AvgIpc) is 3.46. The molecule has 0 unspecified atom stereocenters. The monoisotopic (exact) mass is 420 g/mol. The highest BCUT2D eigenvalue weighted by Crippen LogP contribution is 2.39. The molecule has 0 spiro atoms. The van der Waals surface area contributed by atoms with Gasteiger partial charge in [0.1, 0.15) is 11.5 Å². The Balaban J connectivity index is 1.76. The highest BCUT2D eigenvalue weighted by molar-refractivity contribution is 6.12. The van der Waals surface area contributed by atoms with Gasteiger partial charge < -0.3 is 13.7 Å². The van der Waals surface area contributed by atoms with Gasteiger partial charge in [-0.2, -0.15) is 0 Å². The van der Waals surface area contributed by atoms with Gasteiger partial charge in [-0.15, -0.1) is 0 Å². The van der Waals surface area contributed by atoms with E-state index in [9.17, 15) is 9.59 Å². The summed E-state index contributed by atoms with van der Waals surface area (Å²) in [4.78, 5) is 30.4. The van der Waals surface area contributed by atoms with E-state index in [1.54, 1.807) is 21.9 Å². The Hall–Kier alpha value is -3.28. The predicted octanol–water partition coefficient (Wildman–Crippen LogP) is 5.33. The number of rotatable bonds is 5. The third-order valence-corrected chi connectivity index (χ3v) is 5.81. The van der Waals surface area contributed by atoms with Crippen LogP contribution >= 0.6 is 0 Å². The molecule has 1 aromatic carbocycles. The summed E-state index contributed by atoms with van der Waals surface area (Å²) in [6, 6.07) is 14.4. The topological polar surface area (TPSA) is 66.9 Å². The second-order valence-electron chi connectivity index (χ2n) is 8.13. The number of fused-ring (bicyclic) bond motifs is 1. The van der Waals surface area contributed by atoms with Crippen molar-refractivity contribution in [3.05, 3.63) is 71.6 Å². The Morgan fingerprint density at radius 1 is 0.871 bits per heavy atom. The summed E-state index contributed by atoms with van der Waals surface area (Å²) in [7, 11) is 0. The summed E-state index contributed by atoms with van der Waals surface area (Å²) in [6.45, 7) is 8.47. The fourth-order valence-electron chi connectivity index (χ4n) is 4.02. The number of furan rings is 2. The quantitative estimate of drug-likeness (QED) is 0.560. The molecule has 2 aromatic heterocycles. The van der Waals surface area contributed by atoms with E-state index in [0.717, 1.165) is 24.4 Å². The van der Waals surface area contributed by atoms with Crippen molar-refractivity contribution in [1.82, 2.24) is 0 Å². The zero-order valence-electron chi connectivity index (χ0n) is 18.4. The standard InChI is InChI=1S/C25H28N2O4/c1-5-17-11-13-22(30-17)24(28)26-15-21(16(3)4)27(20-10-8-7-9-19(20)26)25(29)23-14-12-18(6-2)31-23/h7-14,16,21H,5-6,15H2,1-4H3/t21-/m1/s1. The maximum Gasteiger partial charge on any atom is 0.294 e. The van der Waals surface area contributed by atoms with Gasteiger partial charge in [-0.3, -0.25) is 14.5 Å². The first-order valence-corrected chi connectivity index (χ1v) is 10.9. The van der Waals surface area contributed by atoms with Crippen LogP contribution in [0.5, 0.6) is 0 Å². The maximum atomic E-state index is 13.5. The van der Waals surface area contributed by atoms with Gasteiger partial charge in [0.25, 0.3) is 11.8 Å². The molecule has 0 radical (unpaired) electrons. The number of anilines is 2. The minimum absolute atomic E-state index is 0.121. The molecule has 0 fully saturated rings. The van der Waals surface area contributed by atoms with Crippen LogP contribution in [0, 0.1) is 5.92 Å². The minimum Gasteiger partial charge on any atom is -0.456 e. The molecule has 0 saturated carbocycles. The second-order valence-corrected chi connectivity index (χ2v) is 8.13. The number of amides is 2. The molecule has 2 amide bonds. The van der Waals surface area contributed by atoms with E-state index >= 15 is 0 Å². The molecular weight excluding hydrogens is 392 g/mol. The van der Waals surface area contributed by atoms with Crippen LogP contribution in [0.2, 0.25) is 0 Å². The molecule has 0 N–H and O–H groups in total. The van der Waals surface area contributed by atoms with Crippen molar-refractivity contribution in [2.45, 2.75) is 46.6 Å². The highest BCUT2D eigenvalue weighted by atomic mass is 16.4. The van der Waals surface area contributed by atoms with Crippen LogP contribution in [0.4, 0.5) is 11.4 Å². The van der Waals surface area contributed by atoms with Crippen LogP contribution in [0.15, 0.2) is 57.4 Å². The van der Waals surface area contributed by atoms with Gasteiger partial charge in [0, 0.05) is 19.4 Å². The van der Waals surface area contributed by atoms with Crippen LogP contribution in [0.1, 0.15) is 60.3 Å². The number of carbonyl (C=O) groups excluding carboxylic acids is 2. The van der Waals surface area contributed by atoms with Gasteiger partial charge in [0.2, 0.25) is 0 Å². The first-order valence-electron chi connectivity index (χ1n) is 10.9. The smallest absolute Gasteiger partial charge is 0.294 e. The first-order chi connectivity index (χ1) is 14.9. The van der Waals surface area contributed by atoms with Crippen LogP contribution in [-0.2, 0) is 12.8 Å². The molecule has 1 aliphatic rings. The molecule has 1 atom stereocenters. The molecule has 0 saturated heterocycles. The minimum atomic E-state index is -0.206. The van der Waals surface area contributed by atoms with Gasteiger partial charge in [-0.25, -0.2) is 0 Å². The normalized spacial score (nSPS) is 16.0. The number of hydrogen-bond donors (Lipinski definition) is 0. The van der Waals surface area contributed by atoms with Crippen LogP contribution in [0.3, 0.4) is 0 Å². The summed E-state index contributed by atoms with van der Waals surface area (Å²) in [5.74, 6) is 1.91. The van der Waals surface area contributed by atoms with Crippen molar-refractivity contribution < 1.29 is 18.4 Å². The third kappa shape index (κ3) is 3.78. The summed E-state index contributed by atoms with van der Waals surface area (Å²) in [6.07, 6.45) is 1.45. The summed E-state index contributed by atoms with van der Waals surface area (Å²) >= 11 is 0. The zero-order chi connectivity index (χ0) is 22.1. The highest BCUT2D eigenvalue weighted by Gasteiger charge is 2.40. The lowest BCUT2D eigenvalue weighted by Gasteiger charge is -2.43. The van der Waals surface area contributed by atoms with Crippen molar-refractivity contribution in [3.63, 3.8) is 0 Å². The number of para-hydroxylation sites is 2. The van der Waals surface area contributed by atoms with Crippen molar-refractivity contribution in [3.8, 4) is 0 Å². The van der Waals surface area contributed by atoms with Crippen LogP contribution in [0.25, 0.3) is 0 Å². The van der Waals surface area contributed by atoms with Crippen LogP contribution < -0.4 is 9.80 Å². The Bertz CT molecular complexity index is 1090. The lowest BCUT2D eigenvalue weighted by Crippen LogP contribution is -2.55. The Kier molecular flexibility index (Phi) is 5.72. The molecule has 31 heavy (non-hydrogen) atoms. The van der Waals surface area contributed by atoms with Crippen molar-refractivity contribution in [2.24, 2.45) is 5.92 Å². The average molecular weight is 421 g/mol. The van der Waals surface area contributed by atoms with Gasteiger partial charge in [-0.1, -0.05) is 39.8 Å². The fraction of sp³-hybridized carbons (Fsp3) is 0.360. The molecule has 6 nitrogen and oxygen atoms in total. The Morgan fingerprint density at radius 3 is 1.94 bits per heavy atom. The van der Waals surface area contributed by atoms with Gasteiger partial charge >= 0.3 is 0 Å². The van der Waals surface area contributed by atoms with Crippen molar-refractivity contribution in [2.75, 3.05) is 16.3 Å². The number of nitrogens with zero attached hydrogens (tertiary/aromatic N) is 2. The Morgan fingerprint density at radius 2 is 1.42 bits per heavy atom. The Labute approximate surface area is 182 Å². The number of hydrogen-bond acceptors (Lipinski definition) is 4. The molecule has 162 valence electrons. The van der Waals surface area contributed by atoms with Crippen molar-refractivity contribution in [1.29, 1.82) is 0 Å². The van der Waals surface area contributed by atoms with E-state index in [2.05, 4.69) is 13.8 Å². The molecule has 0 bridgehead atoms. The van der Waals surface area contributed by atoms with Crippen molar-refractivity contribution >= 4 is 23.2 Å². The molecule has 1 aliphatic heterocycles. The summed E-state index contributed by atoms with van der Waals surface area (Å²) < 4.78 is 11.5. The molecule has 6 heteroatoms. The lowest BCUT2D eigenvalue weighted by molar-refractivity contribution is 0.0915. The lowest BCUT2D eigenvalue weighted by atomic mass is 9.96. The molecule has 3 aromatic rings. The van der Waals surface area contributed by atoms with E-state index < -0.39 is 0 Å². The second kappa shape index (κ2) is 8.46. The largest absolute Gasteiger partial charge is 0.456 e. The van der Waals surface area contributed by atoms with Crippen LogP contribution in [-0.4, -0.2) is 24.4 Å². The molecule has 4 rings (SSSR count). The molecular formula is C25H28N2O4. The first kappa shape index (κ1) is 21.0. The SMILES string of the molecule is CCc1ccc(C(=O)N2C[C@H](C(C)C)N(C(=O)c3ccc(CC)o3)c3ccccc32)o1. The van der Waals surface area contributed by atoms with Gasteiger partial charge in [-0.05, 0) is 42.3 Å². The summed E-state index contributed by atoms with van der Waals surface area (Å²) in [5, 5.41) is 0. The molecule has 0 aliphatic carbocycles. The zero-order valence-corrected chi connectivity index (χ0v) is 18.4. The number of aryl methyl sites for hydroxylation is 2. The number of benzene rings is 1. The third-order valence-electron chi connectivity index (χ3n) is 5.81. The molecule has 3 heterocycles. The van der Waals surface area contributed by atoms with E-state index in [1.807, 2.05) is 50.2 Å². The van der Waals surface area contributed by atoms with Gasteiger partial charge in [0.05, 0.1) is 17.4 Å². The van der Waals surface area contributed by atoms with E-state index in [-0.39, 0.29) is 23.8 Å². The van der Waals surface area contributed by atoms with E-state index in [4.69, 9.17) is 8.83 Å². The predicted molar refractivity (Wildman–Crippen MR) is 120 cm³/mol. The van der Waals surface area contributed by atoms with Gasteiger partial charge in [0.15, 0.2) is 11.5 Å².